The van der Waals surface area contributed by atoms with E-state index in [4.69, 9.17) is 6.42 Å². The van der Waals surface area contributed by atoms with Crippen molar-refractivity contribution in [1.82, 2.24) is 0 Å². The standard InChI is InChI=1S/C14H24/c1-4-12(2)9-7-5-6-8-10-14-11-13(14)3/h1,12-14H,5-11H2,2-3H3. The Hall–Kier alpha value is -0.440. The maximum Gasteiger partial charge on any atom is 0.0171 e. The molecule has 1 rings (SSSR count). The molecule has 3 unspecified atom stereocenters. The van der Waals surface area contributed by atoms with Crippen molar-refractivity contribution >= 4 is 0 Å². The molecule has 1 fully saturated rings. The molecule has 0 nitrogen and oxygen atoms in total. The largest absolute Gasteiger partial charge is 0.120 e. The molecule has 1 aliphatic carbocycles. The molecule has 3 atom stereocenters. The maximum absolute atomic E-state index is 5.33. The van der Waals surface area contributed by atoms with Gasteiger partial charge in [0.1, 0.15) is 0 Å². The zero-order valence-electron chi connectivity index (χ0n) is 9.76. The highest BCUT2D eigenvalue weighted by molar-refractivity contribution is 4.89. The van der Waals surface area contributed by atoms with Crippen molar-refractivity contribution in [2.45, 2.75) is 58.8 Å². The molecular weight excluding hydrogens is 168 g/mol. The van der Waals surface area contributed by atoms with Crippen molar-refractivity contribution in [1.29, 1.82) is 0 Å². The summed E-state index contributed by atoms with van der Waals surface area (Å²) >= 11 is 0. The third-order valence-electron chi connectivity index (χ3n) is 3.52. The molecule has 0 aromatic rings. The van der Waals surface area contributed by atoms with Gasteiger partial charge in [0.15, 0.2) is 0 Å². The fourth-order valence-electron chi connectivity index (χ4n) is 2.10. The van der Waals surface area contributed by atoms with Gasteiger partial charge in [0.05, 0.1) is 0 Å². The number of unbranched alkanes of at least 4 members (excludes halogenated alkanes) is 3. The molecule has 0 radical (unpaired) electrons. The lowest BCUT2D eigenvalue weighted by atomic mass is 10.0. The van der Waals surface area contributed by atoms with Crippen molar-refractivity contribution in [2.24, 2.45) is 17.8 Å². The van der Waals surface area contributed by atoms with Crippen LogP contribution in [0.3, 0.4) is 0 Å². The minimum atomic E-state index is 0.485. The lowest BCUT2D eigenvalue weighted by Crippen LogP contribution is -1.90. The molecular formula is C14H24. The van der Waals surface area contributed by atoms with Crippen molar-refractivity contribution in [3.63, 3.8) is 0 Å². The van der Waals surface area contributed by atoms with E-state index in [2.05, 4.69) is 19.8 Å². The van der Waals surface area contributed by atoms with Gasteiger partial charge in [-0.15, -0.1) is 12.3 Å². The van der Waals surface area contributed by atoms with E-state index in [1.807, 2.05) is 0 Å². The van der Waals surface area contributed by atoms with Crippen LogP contribution >= 0.6 is 0 Å². The lowest BCUT2D eigenvalue weighted by Gasteiger charge is -2.03. The van der Waals surface area contributed by atoms with E-state index in [0.717, 1.165) is 11.8 Å². The Labute approximate surface area is 89.5 Å². The minimum absolute atomic E-state index is 0.485. The van der Waals surface area contributed by atoms with Gasteiger partial charge in [0, 0.05) is 5.92 Å². The monoisotopic (exact) mass is 192 g/mol. The molecule has 0 aliphatic heterocycles. The van der Waals surface area contributed by atoms with Crippen molar-refractivity contribution < 1.29 is 0 Å². The van der Waals surface area contributed by atoms with Gasteiger partial charge in [0.25, 0.3) is 0 Å². The molecule has 0 heterocycles. The number of terminal acetylenes is 1. The third-order valence-corrected chi connectivity index (χ3v) is 3.52. The van der Waals surface area contributed by atoms with E-state index in [-0.39, 0.29) is 0 Å². The Balaban J connectivity index is 1.78. The van der Waals surface area contributed by atoms with Crippen LogP contribution in [-0.4, -0.2) is 0 Å². The highest BCUT2D eigenvalue weighted by atomic mass is 14.4. The molecule has 0 N–H and O–H groups in total. The van der Waals surface area contributed by atoms with Gasteiger partial charge >= 0.3 is 0 Å². The second-order valence-corrected chi connectivity index (χ2v) is 5.03. The highest BCUT2D eigenvalue weighted by Gasteiger charge is 2.31. The summed E-state index contributed by atoms with van der Waals surface area (Å²) in [5, 5.41) is 0. The van der Waals surface area contributed by atoms with E-state index in [1.54, 1.807) is 0 Å². The van der Waals surface area contributed by atoms with Gasteiger partial charge in [0.2, 0.25) is 0 Å². The number of rotatable bonds is 7. The van der Waals surface area contributed by atoms with Gasteiger partial charge in [-0.05, 0) is 24.7 Å². The Kier molecular flexibility index (Phi) is 5.09. The Morgan fingerprint density at radius 2 is 1.93 bits per heavy atom. The zero-order valence-corrected chi connectivity index (χ0v) is 9.76. The average Bonchev–Trinajstić information content (AvgIpc) is 2.87. The molecule has 0 aromatic carbocycles. The fraction of sp³-hybridized carbons (Fsp3) is 0.857. The molecule has 0 spiro atoms. The van der Waals surface area contributed by atoms with Gasteiger partial charge in [-0.2, -0.15) is 0 Å². The van der Waals surface area contributed by atoms with Crippen LogP contribution in [0.2, 0.25) is 0 Å². The molecule has 0 heteroatoms. The summed E-state index contributed by atoms with van der Waals surface area (Å²) in [4.78, 5) is 0. The van der Waals surface area contributed by atoms with Gasteiger partial charge in [-0.3, -0.25) is 0 Å². The molecule has 0 aromatic heterocycles. The van der Waals surface area contributed by atoms with E-state index in [1.165, 1.54) is 44.9 Å². The van der Waals surface area contributed by atoms with E-state index in [0.29, 0.717) is 5.92 Å². The second kappa shape index (κ2) is 6.12. The van der Waals surface area contributed by atoms with E-state index < -0.39 is 0 Å². The number of hydrogen-bond acceptors (Lipinski definition) is 0. The van der Waals surface area contributed by atoms with Crippen LogP contribution in [0.15, 0.2) is 0 Å². The van der Waals surface area contributed by atoms with Crippen LogP contribution in [0.25, 0.3) is 0 Å². The molecule has 14 heavy (non-hydrogen) atoms. The maximum atomic E-state index is 5.33. The predicted molar refractivity (Wildman–Crippen MR) is 63.0 cm³/mol. The van der Waals surface area contributed by atoms with Crippen LogP contribution < -0.4 is 0 Å². The van der Waals surface area contributed by atoms with Crippen molar-refractivity contribution in [2.75, 3.05) is 0 Å². The van der Waals surface area contributed by atoms with Crippen LogP contribution in [0.1, 0.15) is 58.8 Å². The van der Waals surface area contributed by atoms with Crippen LogP contribution in [0, 0.1) is 30.1 Å². The first-order valence-corrected chi connectivity index (χ1v) is 6.20. The quantitative estimate of drug-likeness (QED) is 0.418. The van der Waals surface area contributed by atoms with Crippen molar-refractivity contribution in [3.8, 4) is 12.3 Å². The topological polar surface area (TPSA) is 0 Å². The first-order valence-electron chi connectivity index (χ1n) is 6.20. The SMILES string of the molecule is C#CC(C)CCCCCCC1CC1C. The van der Waals surface area contributed by atoms with Crippen LogP contribution in [-0.2, 0) is 0 Å². The molecule has 0 amide bonds. The molecule has 80 valence electrons. The fourth-order valence-corrected chi connectivity index (χ4v) is 2.10. The Morgan fingerprint density at radius 1 is 1.29 bits per heavy atom. The predicted octanol–water partition coefficient (Wildman–Crippen LogP) is 4.25. The first-order chi connectivity index (χ1) is 6.74. The summed E-state index contributed by atoms with van der Waals surface area (Å²) in [6.45, 7) is 4.52. The summed E-state index contributed by atoms with van der Waals surface area (Å²) in [5.41, 5.74) is 0. The minimum Gasteiger partial charge on any atom is -0.120 e. The number of hydrogen-bond donors (Lipinski definition) is 0. The third kappa shape index (κ3) is 4.70. The summed E-state index contributed by atoms with van der Waals surface area (Å²) < 4.78 is 0. The van der Waals surface area contributed by atoms with Gasteiger partial charge in [-0.25, -0.2) is 0 Å². The molecule has 0 saturated heterocycles. The van der Waals surface area contributed by atoms with Gasteiger partial charge in [-0.1, -0.05) is 46.0 Å². The zero-order chi connectivity index (χ0) is 10.4. The summed E-state index contributed by atoms with van der Waals surface area (Å²) in [6, 6.07) is 0. The van der Waals surface area contributed by atoms with E-state index in [9.17, 15) is 0 Å². The average molecular weight is 192 g/mol. The van der Waals surface area contributed by atoms with Crippen LogP contribution in [0.4, 0.5) is 0 Å². The molecule has 1 aliphatic rings. The van der Waals surface area contributed by atoms with Crippen molar-refractivity contribution in [3.05, 3.63) is 0 Å². The van der Waals surface area contributed by atoms with E-state index >= 15 is 0 Å². The lowest BCUT2D eigenvalue weighted by molar-refractivity contribution is 0.533. The normalized spacial score (nSPS) is 26.9. The first kappa shape index (κ1) is 11.6. The summed E-state index contributed by atoms with van der Waals surface area (Å²) in [6.07, 6.45) is 15.1. The second-order valence-electron chi connectivity index (χ2n) is 5.03. The molecule has 1 saturated carbocycles. The smallest absolute Gasteiger partial charge is 0.0171 e. The molecule has 0 bridgehead atoms. The van der Waals surface area contributed by atoms with Crippen LogP contribution in [0.5, 0.6) is 0 Å². The Bertz CT molecular complexity index is 187. The van der Waals surface area contributed by atoms with Gasteiger partial charge < -0.3 is 0 Å². The summed E-state index contributed by atoms with van der Waals surface area (Å²) in [7, 11) is 0. The highest BCUT2D eigenvalue weighted by Crippen LogP contribution is 2.41. The Morgan fingerprint density at radius 3 is 2.50 bits per heavy atom. The summed E-state index contributed by atoms with van der Waals surface area (Å²) in [5.74, 6) is 5.40.